The molecule has 0 aromatic carbocycles. The van der Waals surface area contributed by atoms with E-state index in [1.807, 2.05) is 19.1 Å². The van der Waals surface area contributed by atoms with Crippen LogP contribution >= 0.6 is 0 Å². The van der Waals surface area contributed by atoms with Gasteiger partial charge in [-0.1, -0.05) is 50.0 Å². The SMILES string of the molecule is C=CCCC(O)(C/C=C(\C)C=C)[Si](C)(C)C. The van der Waals surface area contributed by atoms with Crippen LogP contribution in [0.4, 0.5) is 0 Å². The third-order valence-electron chi connectivity index (χ3n) is 3.24. The topological polar surface area (TPSA) is 20.2 Å². The molecule has 92 valence electrons. The van der Waals surface area contributed by atoms with Crippen LogP contribution in [0, 0.1) is 0 Å². The van der Waals surface area contributed by atoms with Gasteiger partial charge in [0, 0.05) is 0 Å². The van der Waals surface area contributed by atoms with Crippen LogP contribution in [-0.2, 0) is 0 Å². The maximum atomic E-state index is 10.8. The highest BCUT2D eigenvalue weighted by Gasteiger charge is 2.39. The second-order valence-corrected chi connectivity index (χ2v) is 10.9. The Morgan fingerprint density at radius 1 is 1.31 bits per heavy atom. The minimum atomic E-state index is -1.60. The first kappa shape index (κ1) is 15.4. The van der Waals surface area contributed by atoms with Crippen molar-refractivity contribution in [3.05, 3.63) is 37.0 Å². The molecule has 0 heterocycles. The van der Waals surface area contributed by atoms with Gasteiger partial charge in [0.2, 0.25) is 0 Å². The molecule has 1 N–H and O–H groups in total. The van der Waals surface area contributed by atoms with Crippen molar-refractivity contribution in [1.82, 2.24) is 0 Å². The van der Waals surface area contributed by atoms with Gasteiger partial charge in [-0.3, -0.25) is 0 Å². The van der Waals surface area contributed by atoms with Crippen molar-refractivity contribution in [3.63, 3.8) is 0 Å². The fourth-order valence-electron chi connectivity index (χ4n) is 1.54. The van der Waals surface area contributed by atoms with Crippen molar-refractivity contribution in [2.24, 2.45) is 0 Å². The van der Waals surface area contributed by atoms with Gasteiger partial charge in [0.15, 0.2) is 0 Å². The molecule has 0 radical (unpaired) electrons. The lowest BCUT2D eigenvalue weighted by Gasteiger charge is -2.38. The summed E-state index contributed by atoms with van der Waals surface area (Å²) in [6.45, 7) is 16.1. The molecular weight excluding hydrogens is 212 g/mol. The van der Waals surface area contributed by atoms with E-state index in [1.54, 1.807) is 0 Å². The Hall–Kier alpha value is -0.603. The van der Waals surface area contributed by atoms with E-state index >= 15 is 0 Å². The van der Waals surface area contributed by atoms with Gasteiger partial charge in [0.1, 0.15) is 0 Å². The average molecular weight is 238 g/mol. The molecule has 2 heteroatoms. The van der Waals surface area contributed by atoms with Crippen molar-refractivity contribution >= 4 is 8.07 Å². The monoisotopic (exact) mass is 238 g/mol. The van der Waals surface area contributed by atoms with Gasteiger partial charge in [-0.2, -0.15) is 0 Å². The standard InChI is InChI=1S/C14H26OSi/c1-7-9-11-14(15,16(4,5)6)12-10-13(3)8-2/h7-8,10,15H,1-2,9,11-12H2,3-6H3/b13-10+. The van der Waals surface area contributed by atoms with Gasteiger partial charge in [-0.25, -0.2) is 0 Å². The van der Waals surface area contributed by atoms with E-state index in [9.17, 15) is 5.11 Å². The van der Waals surface area contributed by atoms with Crippen LogP contribution in [0.25, 0.3) is 0 Å². The molecular formula is C14H26OSi. The lowest BCUT2D eigenvalue weighted by Crippen LogP contribution is -2.51. The van der Waals surface area contributed by atoms with Crippen LogP contribution in [0.5, 0.6) is 0 Å². The second-order valence-electron chi connectivity index (χ2n) is 5.47. The molecule has 0 rings (SSSR count). The Balaban J connectivity index is 4.80. The first-order chi connectivity index (χ1) is 7.27. The highest BCUT2D eigenvalue weighted by molar-refractivity contribution is 6.78. The number of rotatable bonds is 7. The normalized spacial score (nSPS) is 16.7. The summed E-state index contributed by atoms with van der Waals surface area (Å²) in [5.41, 5.74) is 1.13. The Labute approximate surface area is 102 Å². The predicted molar refractivity (Wildman–Crippen MR) is 76.3 cm³/mol. The van der Waals surface area contributed by atoms with Gasteiger partial charge < -0.3 is 5.11 Å². The molecule has 0 aromatic rings. The fourth-order valence-corrected chi connectivity index (χ4v) is 3.15. The van der Waals surface area contributed by atoms with E-state index in [0.29, 0.717) is 0 Å². The van der Waals surface area contributed by atoms with Crippen LogP contribution in [0.3, 0.4) is 0 Å². The molecule has 0 aliphatic heterocycles. The first-order valence-corrected chi connectivity index (χ1v) is 9.39. The van der Waals surface area contributed by atoms with Gasteiger partial charge >= 0.3 is 0 Å². The van der Waals surface area contributed by atoms with Crippen LogP contribution in [0.15, 0.2) is 37.0 Å². The number of aliphatic hydroxyl groups is 1. The van der Waals surface area contributed by atoms with E-state index in [-0.39, 0.29) is 0 Å². The summed E-state index contributed by atoms with van der Waals surface area (Å²) in [6, 6.07) is 0. The maximum Gasteiger partial charge on any atom is 0.0824 e. The minimum absolute atomic E-state index is 0.536. The second kappa shape index (κ2) is 6.21. The Kier molecular flexibility index (Phi) is 5.98. The zero-order valence-electron chi connectivity index (χ0n) is 11.2. The highest BCUT2D eigenvalue weighted by Crippen LogP contribution is 2.30. The predicted octanol–water partition coefficient (Wildman–Crippen LogP) is 4.08. The summed E-state index contributed by atoms with van der Waals surface area (Å²) in [7, 11) is -1.60. The molecule has 0 aromatic heterocycles. The van der Waals surface area contributed by atoms with Crippen molar-refractivity contribution < 1.29 is 5.11 Å². The molecule has 0 fully saturated rings. The summed E-state index contributed by atoms with van der Waals surface area (Å²) < 4.78 is 0. The van der Waals surface area contributed by atoms with E-state index in [4.69, 9.17) is 0 Å². The van der Waals surface area contributed by atoms with E-state index in [1.165, 1.54) is 0 Å². The Bertz CT molecular complexity index is 273. The van der Waals surface area contributed by atoms with Gasteiger partial charge in [0.05, 0.1) is 13.3 Å². The highest BCUT2D eigenvalue weighted by atomic mass is 28.3. The minimum Gasteiger partial charge on any atom is -0.393 e. The molecule has 0 aliphatic rings. The van der Waals surface area contributed by atoms with Gasteiger partial charge in [-0.15, -0.1) is 6.58 Å². The van der Waals surface area contributed by atoms with Crippen LogP contribution < -0.4 is 0 Å². The van der Waals surface area contributed by atoms with Crippen LogP contribution in [0.1, 0.15) is 26.2 Å². The van der Waals surface area contributed by atoms with E-state index in [2.05, 4.69) is 38.9 Å². The lowest BCUT2D eigenvalue weighted by atomic mass is 10.1. The fraction of sp³-hybridized carbons (Fsp3) is 0.571. The quantitative estimate of drug-likeness (QED) is 0.402. The van der Waals surface area contributed by atoms with Crippen molar-refractivity contribution in [3.8, 4) is 0 Å². The summed E-state index contributed by atoms with van der Waals surface area (Å²) in [5.74, 6) is 0. The third-order valence-corrected chi connectivity index (χ3v) is 6.49. The maximum absolute atomic E-state index is 10.8. The molecule has 1 nitrogen and oxygen atoms in total. The molecule has 16 heavy (non-hydrogen) atoms. The molecule has 0 spiro atoms. The molecule has 0 aliphatic carbocycles. The largest absolute Gasteiger partial charge is 0.393 e. The summed E-state index contributed by atoms with van der Waals surface area (Å²) in [4.78, 5) is 0. The molecule has 0 saturated heterocycles. The smallest absolute Gasteiger partial charge is 0.0824 e. The summed E-state index contributed by atoms with van der Waals surface area (Å²) in [6.07, 6.45) is 8.23. The third kappa shape index (κ3) is 4.50. The Morgan fingerprint density at radius 2 is 1.88 bits per heavy atom. The number of hydrogen-bond donors (Lipinski definition) is 1. The molecule has 0 bridgehead atoms. The van der Waals surface area contributed by atoms with Crippen molar-refractivity contribution in [2.45, 2.75) is 51.1 Å². The van der Waals surface area contributed by atoms with Crippen LogP contribution in [-0.4, -0.2) is 18.4 Å². The van der Waals surface area contributed by atoms with E-state index in [0.717, 1.165) is 24.8 Å². The van der Waals surface area contributed by atoms with Crippen LogP contribution in [0.2, 0.25) is 19.6 Å². The van der Waals surface area contributed by atoms with Gasteiger partial charge in [-0.05, 0) is 26.2 Å². The lowest BCUT2D eigenvalue weighted by molar-refractivity contribution is 0.109. The molecule has 0 saturated carbocycles. The number of hydrogen-bond acceptors (Lipinski definition) is 1. The molecule has 1 unspecified atom stereocenters. The molecule has 0 amide bonds. The zero-order chi connectivity index (χ0) is 12.8. The molecule has 1 atom stereocenters. The average Bonchev–Trinajstić information content (AvgIpc) is 2.21. The van der Waals surface area contributed by atoms with Crippen molar-refractivity contribution in [1.29, 1.82) is 0 Å². The number of allylic oxidation sites excluding steroid dienone is 3. The Morgan fingerprint density at radius 3 is 2.25 bits per heavy atom. The van der Waals surface area contributed by atoms with Crippen molar-refractivity contribution in [2.75, 3.05) is 0 Å². The first-order valence-electron chi connectivity index (χ1n) is 5.89. The zero-order valence-corrected chi connectivity index (χ0v) is 12.2. The van der Waals surface area contributed by atoms with E-state index < -0.39 is 13.3 Å². The summed E-state index contributed by atoms with van der Waals surface area (Å²) >= 11 is 0. The van der Waals surface area contributed by atoms with Gasteiger partial charge in [0.25, 0.3) is 0 Å². The summed E-state index contributed by atoms with van der Waals surface area (Å²) in [5, 5.41) is 10.2.